The summed E-state index contributed by atoms with van der Waals surface area (Å²) in [6, 6.07) is 17.9. The fourth-order valence-corrected chi connectivity index (χ4v) is 4.25. The molecule has 1 aliphatic rings. The van der Waals surface area contributed by atoms with Crippen LogP contribution >= 0.6 is 24.0 Å². The molecule has 4 rings (SSSR count). The molecule has 0 bridgehead atoms. The van der Waals surface area contributed by atoms with Gasteiger partial charge >= 0.3 is 5.97 Å². The van der Waals surface area contributed by atoms with Gasteiger partial charge in [0, 0.05) is 31.4 Å². The number of nitrogens with one attached hydrogen (secondary N) is 1. The number of carbonyl (C=O) groups is 2. The first-order valence-electron chi connectivity index (χ1n) is 9.58. The molecule has 1 aliphatic heterocycles. The summed E-state index contributed by atoms with van der Waals surface area (Å²) in [6.07, 6.45) is 1.63. The lowest BCUT2D eigenvalue weighted by molar-refractivity contribution is -0.121. The fourth-order valence-electron chi connectivity index (χ4n) is 3.09. The number of nitrogens with zero attached hydrogens (tertiary/aromatic N) is 2. The summed E-state index contributed by atoms with van der Waals surface area (Å²) in [5, 5.41) is 10.5. The first-order chi connectivity index (χ1) is 15.3. The van der Waals surface area contributed by atoms with Crippen molar-refractivity contribution in [2.45, 2.75) is 0 Å². The molecule has 2 N–H and O–H groups in total. The predicted octanol–water partition coefficient (Wildman–Crippen LogP) is 4.94. The van der Waals surface area contributed by atoms with Gasteiger partial charge in [0.2, 0.25) is 0 Å². The zero-order valence-electron chi connectivity index (χ0n) is 17.2. The van der Waals surface area contributed by atoms with E-state index in [2.05, 4.69) is 5.43 Å². The third-order valence-electron chi connectivity index (χ3n) is 4.75. The van der Waals surface area contributed by atoms with Gasteiger partial charge in [-0.1, -0.05) is 23.9 Å². The van der Waals surface area contributed by atoms with Gasteiger partial charge in [0.1, 0.15) is 11.5 Å². The Labute approximate surface area is 194 Å². The summed E-state index contributed by atoms with van der Waals surface area (Å²) < 4.78 is 6.18. The van der Waals surface area contributed by atoms with Crippen molar-refractivity contribution in [3.8, 4) is 11.3 Å². The Morgan fingerprint density at radius 2 is 1.84 bits per heavy atom. The van der Waals surface area contributed by atoms with Crippen LogP contribution < -0.4 is 10.3 Å². The molecule has 0 unspecified atom stereocenters. The van der Waals surface area contributed by atoms with Crippen molar-refractivity contribution in [2.24, 2.45) is 0 Å². The van der Waals surface area contributed by atoms with E-state index in [0.29, 0.717) is 16.4 Å². The van der Waals surface area contributed by atoms with Crippen LogP contribution in [0.15, 0.2) is 70.0 Å². The third kappa shape index (κ3) is 4.39. The molecular weight excluding hydrogens is 446 g/mol. The monoisotopic (exact) mass is 465 g/mol. The molecule has 7 nitrogen and oxygen atoms in total. The van der Waals surface area contributed by atoms with Crippen molar-refractivity contribution in [1.29, 1.82) is 0 Å². The maximum Gasteiger partial charge on any atom is 0.337 e. The number of rotatable bonds is 6. The molecule has 32 heavy (non-hydrogen) atoms. The van der Waals surface area contributed by atoms with Gasteiger partial charge in [-0.3, -0.25) is 10.2 Å². The van der Waals surface area contributed by atoms with E-state index in [0.717, 1.165) is 28.0 Å². The average Bonchev–Trinajstić information content (AvgIpc) is 3.34. The standard InChI is InChI=1S/C23H19N3O4S2/c1-25(2)15-9-7-14(8-10-15)19-12-11-16(30-19)13-20-21(27)26(23(31)32-20)24-18-6-4-3-5-17(18)22(28)29/h3-13,24H,1-2H3,(H,28,29). The lowest BCUT2D eigenvalue weighted by Gasteiger charge is -2.18. The lowest BCUT2D eigenvalue weighted by atomic mass is 10.1. The van der Waals surface area contributed by atoms with Crippen LogP contribution in [-0.4, -0.2) is 40.4 Å². The maximum absolute atomic E-state index is 12.9. The Balaban J connectivity index is 1.53. The van der Waals surface area contributed by atoms with Gasteiger partial charge in [-0.25, -0.2) is 9.80 Å². The van der Waals surface area contributed by atoms with Crippen molar-refractivity contribution < 1.29 is 19.1 Å². The Morgan fingerprint density at radius 3 is 2.53 bits per heavy atom. The number of carboxylic acids is 1. The number of para-hydroxylation sites is 1. The van der Waals surface area contributed by atoms with Gasteiger partial charge in [-0.15, -0.1) is 0 Å². The summed E-state index contributed by atoms with van der Waals surface area (Å²) >= 11 is 6.43. The smallest absolute Gasteiger partial charge is 0.337 e. The van der Waals surface area contributed by atoms with E-state index in [1.54, 1.807) is 30.3 Å². The van der Waals surface area contributed by atoms with Crippen LogP contribution in [0, 0.1) is 0 Å². The van der Waals surface area contributed by atoms with E-state index >= 15 is 0 Å². The summed E-state index contributed by atoms with van der Waals surface area (Å²) in [5.74, 6) is -0.280. The Hall–Kier alpha value is -3.56. The van der Waals surface area contributed by atoms with Crippen molar-refractivity contribution in [3.63, 3.8) is 0 Å². The molecule has 0 saturated carbocycles. The zero-order valence-corrected chi connectivity index (χ0v) is 18.9. The van der Waals surface area contributed by atoms with Crippen LogP contribution in [-0.2, 0) is 4.79 Å². The van der Waals surface area contributed by atoms with Crippen molar-refractivity contribution >= 4 is 57.6 Å². The summed E-state index contributed by atoms with van der Waals surface area (Å²) in [5.41, 5.74) is 5.15. The number of thiocarbonyl (C=S) groups is 1. The van der Waals surface area contributed by atoms with Gasteiger partial charge in [-0.2, -0.15) is 0 Å². The largest absolute Gasteiger partial charge is 0.478 e. The minimum atomic E-state index is -1.10. The predicted molar refractivity (Wildman–Crippen MR) is 131 cm³/mol. The molecule has 3 aromatic rings. The molecule has 1 saturated heterocycles. The molecule has 0 spiro atoms. The van der Waals surface area contributed by atoms with Crippen molar-refractivity contribution in [2.75, 3.05) is 24.4 Å². The lowest BCUT2D eigenvalue weighted by Crippen LogP contribution is -2.34. The highest BCUT2D eigenvalue weighted by Crippen LogP contribution is 2.34. The molecule has 0 aliphatic carbocycles. The van der Waals surface area contributed by atoms with Crippen LogP contribution in [0.5, 0.6) is 0 Å². The number of furan rings is 1. The SMILES string of the molecule is CN(C)c1ccc(-c2ccc(C=C3SC(=S)N(Nc4ccccc4C(=O)O)C3=O)o2)cc1. The second kappa shape index (κ2) is 8.89. The first-order valence-corrected chi connectivity index (χ1v) is 10.8. The molecule has 1 aromatic heterocycles. The maximum atomic E-state index is 12.9. The van der Waals surface area contributed by atoms with Crippen molar-refractivity contribution in [3.05, 3.63) is 76.9 Å². The number of anilines is 2. The normalized spacial score (nSPS) is 14.8. The number of carboxylic acid groups (broad SMARTS) is 1. The molecule has 2 aromatic carbocycles. The number of hydrazine groups is 1. The number of aromatic carboxylic acids is 1. The van der Waals surface area contributed by atoms with E-state index < -0.39 is 5.97 Å². The number of benzene rings is 2. The second-order valence-corrected chi connectivity index (χ2v) is 8.80. The van der Waals surface area contributed by atoms with Crippen LogP contribution in [0.1, 0.15) is 16.1 Å². The quantitative estimate of drug-likeness (QED) is 0.391. The van der Waals surface area contributed by atoms with Gasteiger partial charge in [0.15, 0.2) is 4.32 Å². The van der Waals surface area contributed by atoms with Gasteiger partial charge in [0.05, 0.1) is 16.2 Å². The van der Waals surface area contributed by atoms with Crippen LogP contribution in [0.3, 0.4) is 0 Å². The molecule has 0 radical (unpaired) electrons. The molecule has 162 valence electrons. The number of amides is 1. The molecule has 1 fully saturated rings. The Bertz CT molecular complexity index is 1230. The summed E-state index contributed by atoms with van der Waals surface area (Å²) in [6.45, 7) is 0. The fraction of sp³-hybridized carbons (Fsp3) is 0.0870. The highest BCUT2D eigenvalue weighted by molar-refractivity contribution is 8.26. The minimum absolute atomic E-state index is 0.0430. The van der Waals surface area contributed by atoms with E-state index in [1.165, 1.54) is 6.07 Å². The van der Waals surface area contributed by atoms with Gasteiger partial charge < -0.3 is 14.4 Å². The first kappa shape index (κ1) is 21.7. The number of thioether (sulfide) groups is 1. The van der Waals surface area contributed by atoms with E-state index in [-0.39, 0.29) is 21.5 Å². The summed E-state index contributed by atoms with van der Waals surface area (Å²) in [7, 11) is 3.95. The van der Waals surface area contributed by atoms with Crippen LogP contribution in [0.25, 0.3) is 17.4 Å². The minimum Gasteiger partial charge on any atom is -0.478 e. The number of carbonyl (C=O) groups excluding carboxylic acids is 1. The van der Waals surface area contributed by atoms with E-state index in [4.69, 9.17) is 16.6 Å². The average molecular weight is 466 g/mol. The molecular formula is C23H19N3O4S2. The topological polar surface area (TPSA) is 86.0 Å². The number of hydrogen-bond acceptors (Lipinski definition) is 7. The van der Waals surface area contributed by atoms with Crippen LogP contribution in [0.4, 0.5) is 11.4 Å². The van der Waals surface area contributed by atoms with E-state index in [1.807, 2.05) is 49.3 Å². The molecule has 0 atom stereocenters. The van der Waals surface area contributed by atoms with Gasteiger partial charge in [-0.05, 0) is 60.7 Å². The van der Waals surface area contributed by atoms with Crippen LogP contribution in [0.2, 0.25) is 0 Å². The second-order valence-electron chi connectivity index (χ2n) is 7.12. The van der Waals surface area contributed by atoms with Gasteiger partial charge in [0.25, 0.3) is 5.91 Å². The summed E-state index contributed by atoms with van der Waals surface area (Å²) in [4.78, 5) is 26.7. The van der Waals surface area contributed by atoms with Crippen molar-refractivity contribution in [1.82, 2.24) is 5.01 Å². The number of hydrogen-bond donors (Lipinski definition) is 2. The Morgan fingerprint density at radius 1 is 1.12 bits per heavy atom. The molecule has 2 heterocycles. The highest BCUT2D eigenvalue weighted by Gasteiger charge is 2.33. The zero-order chi connectivity index (χ0) is 22.8. The third-order valence-corrected chi connectivity index (χ3v) is 6.05. The molecule has 9 heteroatoms. The van der Waals surface area contributed by atoms with E-state index in [9.17, 15) is 14.7 Å². The molecule has 1 amide bonds. The highest BCUT2D eigenvalue weighted by atomic mass is 32.2. The Kier molecular flexibility index (Phi) is 6.02.